The molecule has 0 saturated heterocycles. The van der Waals surface area contributed by atoms with Crippen LogP contribution in [0.2, 0.25) is 0 Å². The molecule has 1 N–H and O–H groups in total. The first-order valence-corrected chi connectivity index (χ1v) is 5.84. The average Bonchev–Trinajstić information content (AvgIpc) is 2.19. The van der Waals surface area contributed by atoms with Gasteiger partial charge in [-0.15, -0.1) is 0 Å². The van der Waals surface area contributed by atoms with Gasteiger partial charge in [-0.3, -0.25) is 0 Å². The molecule has 0 spiro atoms. The van der Waals surface area contributed by atoms with Gasteiger partial charge in [0.25, 0.3) is 0 Å². The van der Waals surface area contributed by atoms with Gasteiger partial charge in [-0.2, -0.15) is 0 Å². The predicted octanol–water partition coefficient (Wildman–Crippen LogP) is 0.739. The molecule has 0 atom stereocenters. The summed E-state index contributed by atoms with van der Waals surface area (Å²) in [4.78, 5) is 13.2. The second kappa shape index (κ2) is 9.30. The predicted molar refractivity (Wildman–Crippen MR) is 60.3 cm³/mol. The largest absolute Gasteiger partial charge is 0.390 e. The van der Waals surface area contributed by atoms with Crippen molar-refractivity contribution in [1.29, 1.82) is 0 Å². The zero-order valence-corrected chi connectivity index (χ0v) is 10.0. The van der Waals surface area contributed by atoms with Crippen LogP contribution in [0.15, 0.2) is 0 Å². The van der Waals surface area contributed by atoms with Gasteiger partial charge in [-0.1, -0.05) is 13.8 Å². The quantitative estimate of drug-likeness (QED) is 0.483. The Bertz CT molecular complexity index is 152. The summed E-state index contributed by atoms with van der Waals surface area (Å²) in [6, 6.07) is 0. The second-order valence-electron chi connectivity index (χ2n) is 2.83. The van der Waals surface area contributed by atoms with Crippen molar-refractivity contribution in [2.24, 2.45) is 0 Å². The van der Waals surface area contributed by atoms with E-state index in [1.807, 2.05) is 0 Å². The van der Waals surface area contributed by atoms with Crippen molar-refractivity contribution in [3.63, 3.8) is 0 Å². The van der Waals surface area contributed by atoms with Crippen molar-refractivity contribution in [1.82, 2.24) is 10.2 Å². The van der Waals surface area contributed by atoms with E-state index in [1.54, 1.807) is 7.05 Å². The van der Waals surface area contributed by atoms with Gasteiger partial charge in [0.15, 0.2) is 0 Å². The molecule has 0 aromatic carbocycles. The highest BCUT2D eigenvalue weighted by molar-refractivity contribution is 7.95. The van der Waals surface area contributed by atoms with Crippen LogP contribution < -0.4 is 5.32 Å². The molecule has 0 bridgehead atoms. The molecule has 0 saturated carbocycles. The summed E-state index contributed by atoms with van der Waals surface area (Å²) in [5, 5.41) is 2.74. The van der Waals surface area contributed by atoms with E-state index in [4.69, 9.17) is 4.18 Å². The first-order valence-electron chi connectivity index (χ1n) is 4.93. The van der Waals surface area contributed by atoms with Gasteiger partial charge in [0.1, 0.15) is 0 Å². The average molecular weight is 220 g/mol. The molecule has 0 fully saturated rings. The third kappa shape index (κ3) is 7.17. The molecular weight excluding hydrogens is 200 g/mol. The van der Waals surface area contributed by atoms with Gasteiger partial charge < -0.3 is 14.4 Å². The van der Waals surface area contributed by atoms with Crippen LogP contribution in [0.1, 0.15) is 13.8 Å². The highest BCUT2D eigenvalue weighted by Gasteiger charge is 2.03. The Labute approximate surface area is 90.6 Å². The minimum atomic E-state index is -0.211. The third-order valence-corrected chi connectivity index (χ3v) is 2.51. The Kier molecular flexibility index (Phi) is 9.13. The molecule has 84 valence electrons. The first-order chi connectivity index (χ1) is 6.74. The van der Waals surface area contributed by atoms with Crippen molar-refractivity contribution in [3.05, 3.63) is 0 Å². The molecule has 5 heteroatoms. The summed E-state index contributed by atoms with van der Waals surface area (Å²) in [6.07, 6.45) is 0. The zero-order valence-electron chi connectivity index (χ0n) is 9.21. The number of hydrogen-bond donors (Lipinski definition) is 1. The minimum Gasteiger partial charge on any atom is -0.390 e. The number of carbonyl (C=O) groups is 1. The lowest BCUT2D eigenvalue weighted by atomic mass is 10.5. The van der Waals surface area contributed by atoms with E-state index in [2.05, 4.69) is 24.1 Å². The monoisotopic (exact) mass is 220 g/mol. The molecule has 0 unspecified atom stereocenters. The second-order valence-corrected chi connectivity index (χ2v) is 3.65. The Hall–Kier alpha value is -0.260. The van der Waals surface area contributed by atoms with Crippen molar-refractivity contribution in [2.75, 3.05) is 39.0 Å². The Morgan fingerprint density at radius 2 is 2.07 bits per heavy atom. The molecule has 0 heterocycles. The van der Waals surface area contributed by atoms with Crippen molar-refractivity contribution in [3.8, 4) is 0 Å². The van der Waals surface area contributed by atoms with E-state index >= 15 is 0 Å². The maximum Gasteiger partial charge on any atom is 0.331 e. The fourth-order valence-electron chi connectivity index (χ4n) is 0.987. The molecule has 0 rings (SSSR count). The molecule has 0 aromatic heterocycles. The molecule has 0 radical (unpaired) electrons. The molecule has 0 aromatic rings. The fraction of sp³-hybridized carbons (Fsp3) is 0.889. The van der Waals surface area contributed by atoms with Crippen LogP contribution in [0.25, 0.3) is 0 Å². The SMILES string of the molecule is CCN(CC)CCSOC(=O)CNC. The molecule has 0 amide bonds. The van der Waals surface area contributed by atoms with E-state index < -0.39 is 0 Å². The molecule has 14 heavy (non-hydrogen) atoms. The number of likely N-dealkylation sites (N-methyl/N-ethyl adjacent to an activating group) is 1. The topological polar surface area (TPSA) is 41.6 Å². The van der Waals surface area contributed by atoms with Gasteiger partial charge in [0, 0.05) is 12.3 Å². The number of hydrogen-bond acceptors (Lipinski definition) is 5. The molecular formula is C9H20N2O2S. The molecule has 4 nitrogen and oxygen atoms in total. The van der Waals surface area contributed by atoms with E-state index in [-0.39, 0.29) is 12.5 Å². The highest BCUT2D eigenvalue weighted by atomic mass is 32.2. The smallest absolute Gasteiger partial charge is 0.331 e. The number of carbonyl (C=O) groups excluding carboxylic acids is 1. The lowest BCUT2D eigenvalue weighted by Gasteiger charge is -2.16. The molecule has 0 aliphatic rings. The standard InChI is InChI=1S/C9H20N2O2S/c1-4-11(5-2)6-7-14-13-9(12)8-10-3/h10H,4-8H2,1-3H3. The van der Waals surface area contributed by atoms with Crippen LogP contribution in [0.4, 0.5) is 0 Å². The number of nitrogens with zero attached hydrogens (tertiary/aromatic N) is 1. The normalized spacial score (nSPS) is 10.6. The first kappa shape index (κ1) is 13.7. The lowest BCUT2D eigenvalue weighted by Crippen LogP contribution is -2.26. The van der Waals surface area contributed by atoms with Crippen LogP contribution >= 0.6 is 12.0 Å². The van der Waals surface area contributed by atoms with Crippen LogP contribution in [-0.2, 0) is 8.98 Å². The van der Waals surface area contributed by atoms with Gasteiger partial charge >= 0.3 is 5.97 Å². The van der Waals surface area contributed by atoms with Crippen molar-refractivity contribution >= 4 is 18.0 Å². The Balaban J connectivity index is 3.32. The summed E-state index contributed by atoms with van der Waals surface area (Å²) in [7, 11) is 1.72. The third-order valence-electron chi connectivity index (χ3n) is 1.86. The summed E-state index contributed by atoms with van der Waals surface area (Å²) >= 11 is 1.23. The molecule has 0 aliphatic heterocycles. The van der Waals surface area contributed by atoms with E-state index in [9.17, 15) is 4.79 Å². The van der Waals surface area contributed by atoms with E-state index in [0.29, 0.717) is 0 Å². The number of nitrogens with one attached hydrogen (secondary N) is 1. The Morgan fingerprint density at radius 1 is 1.43 bits per heavy atom. The highest BCUT2D eigenvalue weighted by Crippen LogP contribution is 2.03. The number of rotatable bonds is 8. The van der Waals surface area contributed by atoms with Crippen molar-refractivity contribution < 1.29 is 8.98 Å². The summed E-state index contributed by atoms with van der Waals surface area (Å²) < 4.78 is 4.91. The van der Waals surface area contributed by atoms with Crippen LogP contribution in [0.5, 0.6) is 0 Å². The van der Waals surface area contributed by atoms with Crippen LogP contribution in [0, 0.1) is 0 Å². The summed E-state index contributed by atoms with van der Waals surface area (Å²) in [6.45, 7) is 7.58. The van der Waals surface area contributed by atoms with Gasteiger partial charge in [0.2, 0.25) is 0 Å². The van der Waals surface area contributed by atoms with Gasteiger partial charge in [-0.05, 0) is 20.1 Å². The maximum atomic E-state index is 10.9. The van der Waals surface area contributed by atoms with Crippen LogP contribution in [-0.4, -0.2) is 49.8 Å². The zero-order chi connectivity index (χ0) is 10.8. The van der Waals surface area contributed by atoms with Crippen molar-refractivity contribution in [2.45, 2.75) is 13.8 Å². The summed E-state index contributed by atoms with van der Waals surface area (Å²) in [5.74, 6) is 0.619. The lowest BCUT2D eigenvalue weighted by molar-refractivity contribution is -0.131. The van der Waals surface area contributed by atoms with E-state index in [0.717, 1.165) is 25.4 Å². The van der Waals surface area contributed by atoms with E-state index in [1.165, 1.54) is 12.0 Å². The maximum absolute atomic E-state index is 10.9. The summed E-state index contributed by atoms with van der Waals surface area (Å²) in [5.41, 5.74) is 0. The molecule has 0 aliphatic carbocycles. The van der Waals surface area contributed by atoms with Crippen LogP contribution in [0.3, 0.4) is 0 Å². The Morgan fingerprint density at radius 3 is 2.57 bits per heavy atom. The van der Waals surface area contributed by atoms with Gasteiger partial charge in [-0.25, -0.2) is 4.79 Å². The fourth-order valence-corrected chi connectivity index (χ4v) is 1.59. The van der Waals surface area contributed by atoms with Gasteiger partial charge in [0.05, 0.1) is 18.6 Å². The minimum absolute atomic E-state index is 0.211.